The van der Waals surface area contributed by atoms with E-state index in [1.807, 2.05) is 18.2 Å². The molecule has 1 fully saturated rings. The zero-order valence-corrected chi connectivity index (χ0v) is 10.4. The summed E-state index contributed by atoms with van der Waals surface area (Å²) < 4.78 is 16.6. The second-order valence-electron chi connectivity index (χ2n) is 4.96. The number of hydrogen-bond donors (Lipinski definition) is 1. The zero-order valence-electron chi connectivity index (χ0n) is 10.4. The molecule has 0 spiro atoms. The Balaban J connectivity index is 1.60. The van der Waals surface area contributed by atoms with Gasteiger partial charge in [-0.2, -0.15) is 0 Å². The highest BCUT2D eigenvalue weighted by atomic mass is 16.7. The Morgan fingerprint density at radius 1 is 1.22 bits per heavy atom. The van der Waals surface area contributed by atoms with Gasteiger partial charge in [-0.15, -0.1) is 0 Å². The third-order valence-corrected chi connectivity index (χ3v) is 3.79. The number of benzene rings is 1. The maximum atomic E-state index is 5.98. The van der Waals surface area contributed by atoms with Crippen LogP contribution in [0.15, 0.2) is 18.2 Å². The Morgan fingerprint density at radius 3 is 3.00 bits per heavy atom. The number of ether oxygens (including phenoxy) is 3. The monoisotopic (exact) mass is 249 g/mol. The first-order valence-electron chi connectivity index (χ1n) is 6.57. The van der Waals surface area contributed by atoms with Crippen LogP contribution in [0.25, 0.3) is 0 Å². The van der Waals surface area contributed by atoms with E-state index in [1.54, 1.807) is 0 Å². The maximum absolute atomic E-state index is 5.98. The lowest BCUT2D eigenvalue weighted by Gasteiger charge is -2.18. The molecular weight excluding hydrogens is 230 g/mol. The van der Waals surface area contributed by atoms with Crippen LogP contribution in [0.1, 0.15) is 24.8 Å². The summed E-state index contributed by atoms with van der Waals surface area (Å²) in [7, 11) is 0. The van der Waals surface area contributed by atoms with E-state index in [-0.39, 0.29) is 0 Å². The van der Waals surface area contributed by atoms with Crippen molar-refractivity contribution in [2.45, 2.75) is 32.0 Å². The Hall–Kier alpha value is -1.26. The first kappa shape index (κ1) is 11.8. The summed E-state index contributed by atoms with van der Waals surface area (Å²) in [6.45, 7) is 1.67. The van der Waals surface area contributed by atoms with Crippen LogP contribution in [0.4, 0.5) is 0 Å². The quantitative estimate of drug-likeness (QED) is 0.887. The average Bonchev–Trinajstić information content (AvgIpc) is 3.04. The second kappa shape index (κ2) is 5.16. The van der Waals surface area contributed by atoms with Gasteiger partial charge in [-0.05, 0) is 43.0 Å². The largest absolute Gasteiger partial charge is 0.454 e. The molecule has 0 radical (unpaired) electrons. The molecule has 0 amide bonds. The van der Waals surface area contributed by atoms with Crippen LogP contribution in [0.2, 0.25) is 0 Å². The molecule has 1 aromatic rings. The highest BCUT2D eigenvalue weighted by Gasteiger charge is 2.26. The molecule has 1 heterocycles. The summed E-state index contributed by atoms with van der Waals surface area (Å²) in [6.07, 6.45) is 3.88. The molecule has 2 atom stereocenters. The van der Waals surface area contributed by atoms with Crippen LogP contribution < -0.4 is 15.2 Å². The molecule has 0 aromatic heterocycles. The van der Waals surface area contributed by atoms with E-state index >= 15 is 0 Å². The van der Waals surface area contributed by atoms with Crippen molar-refractivity contribution in [2.24, 2.45) is 11.7 Å². The van der Waals surface area contributed by atoms with Crippen LogP contribution in [-0.4, -0.2) is 19.4 Å². The van der Waals surface area contributed by atoms with E-state index in [0.717, 1.165) is 30.0 Å². The van der Waals surface area contributed by atoms with Crippen molar-refractivity contribution < 1.29 is 14.2 Å². The summed E-state index contributed by atoms with van der Waals surface area (Å²) in [5.41, 5.74) is 6.88. The van der Waals surface area contributed by atoms with Crippen LogP contribution in [-0.2, 0) is 11.3 Å². The van der Waals surface area contributed by atoms with Crippen LogP contribution in [0.5, 0.6) is 11.5 Å². The number of hydrogen-bond acceptors (Lipinski definition) is 4. The summed E-state index contributed by atoms with van der Waals surface area (Å²) in [6, 6.07) is 5.96. The summed E-state index contributed by atoms with van der Waals surface area (Å²) in [5.74, 6) is 2.16. The molecule has 4 nitrogen and oxygen atoms in total. The zero-order chi connectivity index (χ0) is 12.4. The van der Waals surface area contributed by atoms with Gasteiger partial charge in [0.25, 0.3) is 0 Å². The molecule has 4 heteroatoms. The fraction of sp³-hybridized carbons (Fsp3) is 0.571. The molecule has 2 unspecified atom stereocenters. The Kier molecular flexibility index (Phi) is 3.39. The summed E-state index contributed by atoms with van der Waals surface area (Å²) in [4.78, 5) is 0. The van der Waals surface area contributed by atoms with Crippen molar-refractivity contribution in [1.29, 1.82) is 0 Å². The van der Waals surface area contributed by atoms with Crippen molar-refractivity contribution in [3.05, 3.63) is 23.8 Å². The topological polar surface area (TPSA) is 53.7 Å². The lowest BCUT2D eigenvalue weighted by Crippen LogP contribution is -2.25. The van der Waals surface area contributed by atoms with Crippen molar-refractivity contribution in [1.82, 2.24) is 0 Å². The number of fused-ring (bicyclic) bond motifs is 1. The molecule has 1 aliphatic carbocycles. The van der Waals surface area contributed by atoms with Gasteiger partial charge in [-0.25, -0.2) is 0 Å². The molecule has 2 aliphatic rings. The van der Waals surface area contributed by atoms with Gasteiger partial charge >= 0.3 is 0 Å². The van der Waals surface area contributed by atoms with E-state index < -0.39 is 0 Å². The van der Waals surface area contributed by atoms with Crippen LogP contribution >= 0.6 is 0 Å². The first-order valence-corrected chi connectivity index (χ1v) is 6.57. The third kappa shape index (κ3) is 2.31. The number of nitrogens with two attached hydrogens (primary N) is 1. The summed E-state index contributed by atoms with van der Waals surface area (Å²) in [5, 5.41) is 0. The highest BCUT2D eigenvalue weighted by Crippen LogP contribution is 2.33. The Morgan fingerprint density at radius 2 is 2.11 bits per heavy atom. The van der Waals surface area contributed by atoms with Crippen molar-refractivity contribution in [2.75, 3.05) is 13.3 Å². The van der Waals surface area contributed by atoms with Crippen LogP contribution in [0, 0.1) is 5.92 Å². The fourth-order valence-corrected chi connectivity index (χ4v) is 2.73. The average molecular weight is 249 g/mol. The molecule has 0 bridgehead atoms. The molecule has 1 aliphatic heterocycles. The van der Waals surface area contributed by atoms with Crippen molar-refractivity contribution in [3.8, 4) is 11.5 Å². The lowest BCUT2D eigenvalue weighted by atomic mass is 10.1. The number of rotatable bonds is 4. The van der Waals surface area contributed by atoms with Gasteiger partial charge in [0.1, 0.15) is 0 Å². The predicted octanol–water partition coefficient (Wildman–Crippen LogP) is 2.06. The maximum Gasteiger partial charge on any atom is 0.231 e. The van der Waals surface area contributed by atoms with Gasteiger partial charge in [-0.1, -0.05) is 12.5 Å². The minimum atomic E-state index is 0.317. The smallest absolute Gasteiger partial charge is 0.231 e. The molecule has 1 aromatic carbocycles. The molecule has 98 valence electrons. The van der Waals surface area contributed by atoms with E-state index in [2.05, 4.69) is 0 Å². The van der Waals surface area contributed by atoms with E-state index in [9.17, 15) is 0 Å². The van der Waals surface area contributed by atoms with Gasteiger partial charge < -0.3 is 19.9 Å². The minimum absolute atomic E-state index is 0.317. The standard InChI is InChI=1S/C14H19NO3/c15-7-11-2-1-3-12(11)16-8-10-4-5-13-14(6-10)18-9-17-13/h4-6,11-12H,1-3,7-9,15H2. The summed E-state index contributed by atoms with van der Waals surface area (Å²) >= 11 is 0. The normalized spacial score (nSPS) is 25.6. The molecule has 1 saturated carbocycles. The lowest BCUT2D eigenvalue weighted by molar-refractivity contribution is 0.0182. The molecule has 3 rings (SSSR count). The van der Waals surface area contributed by atoms with Crippen molar-refractivity contribution in [3.63, 3.8) is 0 Å². The minimum Gasteiger partial charge on any atom is -0.454 e. The van der Waals surface area contributed by atoms with Gasteiger partial charge in [0.2, 0.25) is 6.79 Å². The second-order valence-corrected chi connectivity index (χ2v) is 4.96. The molecule has 2 N–H and O–H groups in total. The van der Waals surface area contributed by atoms with E-state index in [0.29, 0.717) is 25.4 Å². The van der Waals surface area contributed by atoms with Crippen molar-refractivity contribution >= 4 is 0 Å². The van der Waals surface area contributed by atoms with Gasteiger partial charge in [0.15, 0.2) is 11.5 Å². The van der Waals surface area contributed by atoms with Gasteiger partial charge in [0, 0.05) is 0 Å². The Labute approximate surface area is 107 Å². The van der Waals surface area contributed by atoms with Crippen LogP contribution in [0.3, 0.4) is 0 Å². The molecule has 0 saturated heterocycles. The molecular formula is C14H19NO3. The van der Waals surface area contributed by atoms with Gasteiger partial charge in [0.05, 0.1) is 12.7 Å². The SMILES string of the molecule is NCC1CCCC1OCc1ccc2c(c1)OCO2. The first-order chi connectivity index (χ1) is 8.86. The fourth-order valence-electron chi connectivity index (χ4n) is 2.73. The van der Waals surface area contributed by atoms with E-state index in [1.165, 1.54) is 12.8 Å². The Bertz CT molecular complexity index is 422. The van der Waals surface area contributed by atoms with Gasteiger partial charge in [-0.3, -0.25) is 0 Å². The highest BCUT2D eigenvalue weighted by molar-refractivity contribution is 5.44. The predicted molar refractivity (Wildman–Crippen MR) is 67.5 cm³/mol. The molecule has 18 heavy (non-hydrogen) atoms. The van der Waals surface area contributed by atoms with E-state index in [4.69, 9.17) is 19.9 Å². The third-order valence-electron chi connectivity index (χ3n) is 3.79.